The molecular weight excluding hydrogens is 237 g/mol. The fourth-order valence-electron chi connectivity index (χ4n) is 1.37. The van der Waals surface area contributed by atoms with E-state index in [1.54, 1.807) is 0 Å². The molecule has 0 aliphatic heterocycles. The molecule has 0 atom stereocenters. The minimum Gasteiger partial charge on any atom is -0.444 e. The van der Waals surface area contributed by atoms with Crippen molar-refractivity contribution in [3.8, 4) is 0 Å². The normalized spacial score (nSPS) is 10.1. The van der Waals surface area contributed by atoms with Gasteiger partial charge >= 0.3 is 6.09 Å². The van der Waals surface area contributed by atoms with E-state index in [9.17, 15) is 9.18 Å². The minimum absolute atomic E-state index is 0.119. The zero-order valence-corrected chi connectivity index (χ0v) is 9.76. The number of carbonyl (C=O) groups excluding carboxylic acids is 1. The first-order valence-corrected chi connectivity index (χ1v) is 5.32. The van der Waals surface area contributed by atoms with Crippen LogP contribution in [0.3, 0.4) is 0 Å². The zero-order valence-electron chi connectivity index (χ0n) is 9.76. The predicted molar refractivity (Wildman–Crippen MR) is 63.4 cm³/mol. The van der Waals surface area contributed by atoms with Gasteiger partial charge in [-0.15, -0.1) is 0 Å². The number of nitrogens with one attached hydrogen (secondary N) is 1. The van der Waals surface area contributed by atoms with E-state index in [2.05, 4.69) is 10.4 Å². The maximum atomic E-state index is 12.9. The quantitative estimate of drug-likeness (QED) is 0.908. The molecule has 0 bridgehead atoms. The molecule has 0 unspecified atom stereocenters. The molecule has 5 nitrogen and oxygen atoms in total. The Morgan fingerprint density at radius 2 is 2.17 bits per heavy atom. The molecule has 1 aromatic heterocycles. The number of amides is 1. The van der Waals surface area contributed by atoms with Crippen LogP contribution in [0.5, 0.6) is 0 Å². The van der Waals surface area contributed by atoms with Crippen molar-refractivity contribution in [3.05, 3.63) is 47.9 Å². The Morgan fingerprint density at radius 3 is 2.78 bits per heavy atom. The second-order valence-electron chi connectivity index (χ2n) is 3.66. The van der Waals surface area contributed by atoms with Crippen LogP contribution >= 0.6 is 0 Å². The van der Waals surface area contributed by atoms with Crippen LogP contribution in [-0.2, 0) is 18.4 Å². The van der Waals surface area contributed by atoms with Gasteiger partial charge in [-0.3, -0.25) is 5.32 Å². The Bertz CT molecular complexity index is 520. The van der Waals surface area contributed by atoms with E-state index >= 15 is 0 Å². The molecule has 1 aromatic carbocycles. The average molecular weight is 249 g/mol. The molecule has 1 amide bonds. The molecule has 2 rings (SSSR count). The summed E-state index contributed by atoms with van der Waals surface area (Å²) in [6.45, 7) is 0.155. The lowest BCUT2D eigenvalue weighted by Gasteiger charge is -2.04. The summed E-state index contributed by atoms with van der Waals surface area (Å²) in [4.78, 5) is 11.4. The number of benzene rings is 1. The van der Waals surface area contributed by atoms with E-state index in [-0.39, 0.29) is 12.4 Å². The van der Waals surface area contributed by atoms with Gasteiger partial charge in [0, 0.05) is 13.1 Å². The number of anilines is 1. The molecule has 2 aromatic rings. The molecule has 0 spiro atoms. The van der Waals surface area contributed by atoms with Crippen molar-refractivity contribution in [2.24, 2.45) is 7.05 Å². The van der Waals surface area contributed by atoms with Gasteiger partial charge in [0.05, 0.1) is 0 Å². The van der Waals surface area contributed by atoms with Gasteiger partial charge in [0.15, 0.2) is 5.82 Å². The summed E-state index contributed by atoms with van der Waals surface area (Å²) in [6.07, 6.45) is -0.669. The monoisotopic (exact) mass is 249 g/mol. The number of hydrogen-bond acceptors (Lipinski definition) is 3. The summed E-state index contributed by atoms with van der Waals surface area (Å²) in [5.41, 5.74) is 0.875. The smallest absolute Gasteiger partial charge is 0.413 e. The highest BCUT2D eigenvalue weighted by molar-refractivity contribution is 5.83. The highest BCUT2D eigenvalue weighted by Gasteiger charge is 2.08. The number of aryl methyl sites for hydroxylation is 1. The van der Waals surface area contributed by atoms with Gasteiger partial charge in [0.2, 0.25) is 5.95 Å². The van der Waals surface area contributed by atoms with Crippen LogP contribution in [0.2, 0.25) is 0 Å². The van der Waals surface area contributed by atoms with Crippen LogP contribution in [0.15, 0.2) is 36.4 Å². The molecule has 0 aliphatic rings. The van der Waals surface area contributed by atoms with E-state index in [1.165, 1.54) is 7.05 Å². The third kappa shape index (κ3) is 3.07. The Labute approximate surface area is 103 Å². The van der Waals surface area contributed by atoms with E-state index in [0.717, 1.165) is 16.3 Å². The molecule has 1 heterocycles. The number of aromatic nitrogens is 2. The summed E-state index contributed by atoms with van der Waals surface area (Å²) >= 11 is 0. The van der Waals surface area contributed by atoms with Crippen molar-refractivity contribution in [2.45, 2.75) is 6.61 Å². The second-order valence-corrected chi connectivity index (χ2v) is 3.66. The molecule has 6 heteroatoms. The standard InChI is InChI=1S/C12H12FN3O2/c1-16-10(13)7-11(15-16)14-12(17)18-8-9-5-3-2-4-6-9/h2-7H,8H2,1H3,(H,14,15,17). The molecule has 18 heavy (non-hydrogen) atoms. The number of nitrogens with zero attached hydrogens (tertiary/aromatic N) is 2. The lowest BCUT2D eigenvalue weighted by Crippen LogP contribution is -2.14. The molecule has 0 saturated heterocycles. The zero-order chi connectivity index (χ0) is 13.0. The number of halogens is 1. The Balaban J connectivity index is 1.86. The van der Waals surface area contributed by atoms with Gasteiger partial charge in [0.1, 0.15) is 6.61 Å². The summed E-state index contributed by atoms with van der Waals surface area (Å²) in [7, 11) is 1.44. The molecule has 0 radical (unpaired) electrons. The van der Waals surface area contributed by atoms with Crippen molar-refractivity contribution >= 4 is 11.9 Å². The molecular formula is C12H12FN3O2. The van der Waals surface area contributed by atoms with Gasteiger partial charge in [0.25, 0.3) is 0 Å². The van der Waals surface area contributed by atoms with E-state index < -0.39 is 12.0 Å². The molecule has 1 N–H and O–H groups in total. The highest BCUT2D eigenvalue weighted by Crippen LogP contribution is 2.07. The van der Waals surface area contributed by atoms with Crippen LogP contribution in [0.4, 0.5) is 15.0 Å². The van der Waals surface area contributed by atoms with E-state index in [0.29, 0.717) is 0 Å². The van der Waals surface area contributed by atoms with Gasteiger partial charge in [-0.2, -0.15) is 9.49 Å². The van der Waals surface area contributed by atoms with Gasteiger partial charge < -0.3 is 4.74 Å². The molecule has 0 fully saturated rings. The van der Waals surface area contributed by atoms with Gasteiger partial charge in [-0.1, -0.05) is 30.3 Å². The third-order valence-corrected chi connectivity index (χ3v) is 2.27. The first kappa shape index (κ1) is 12.1. The van der Waals surface area contributed by atoms with Crippen LogP contribution in [0.25, 0.3) is 0 Å². The Hall–Kier alpha value is -2.37. The minimum atomic E-state index is -0.669. The van der Waals surface area contributed by atoms with Gasteiger partial charge in [-0.05, 0) is 5.56 Å². The lowest BCUT2D eigenvalue weighted by atomic mass is 10.2. The van der Waals surface area contributed by atoms with E-state index in [4.69, 9.17) is 4.74 Å². The van der Waals surface area contributed by atoms with Crippen molar-refractivity contribution in [1.29, 1.82) is 0 Å². The fraction of sp³-hybridized carbons (Fsp3) is 0.167. The first-order chi connectivity index (χ1) is 8.65. The van der Waals surface area contributed by atoms with Crippen molar-refractivity contribution in [1.82, 2.24) is 9.78 Å². The highest BCUT2D eigenvalue weighted by atomic mass is 19.1. The SMILES string of the molecule is Cn1nc(NC(=O)OCc2ccccc2)cc1F. The van der Waals surface area contributed by atoms with Crippen molar-refractivity contribution in [2.75, 3.05) is 5.32 Å². The van der Waals surface area contributed by atoms with Crippen molar-refractivity contribution in [3.63, 3.8) is 0 Å². The Morgan fingerprint density at radius 1 is 1.44 bits per heavy atom. The topological polar surface area (TPSA) is 56.2 Å². The molecule has 0 saturated carbocycles. The molecule has 94 valence electrons. The van der Waals surface area contributed by atoms with E-state index in [1.807, 2.05) is 30.3 Å². The van der Waals surface area contributed by atoms with Crippen LogP contribution < -0.4 is 5.32 Å². The average Bonchev–Trinajstić information content (AvgIpc) is 2.67. The second kappa shape index (κ2) is 5.31. The summed E-state index contributed by atoms with van der Waals surface area (Å²) in [5, 5.41) is 6.08. The fourth-order valence-corrected chi connectivity index (χ4v) is 1.37. The number of carbonyl (C=O) groups is 1. The number of hydrogen-bond donors (Lipinski definition) is 1. The first-order valence-electron chi connectivity index (χ1n) is 5.32. The summed E-state index contributed by atoms with van der Waals surface area (Å²) in [5.74, 6) is -0.415. The van der Waals surface area contributed by atoms with Crippen LogP contribution in [-0.4, -0.2) is 15.9 Å². The molecule has 0 aliphatic carbocycles. The Kier molecular flexibility index (Phi) is 3.57. The largest absolute Gasteiger partial charge is 0.444 e. The number of rotatable bonds is 3. The lowest BCUT2D eigenvalue weighted by molar-refractivity contribution is 0.155. The summed E-state index contributed by atoms with van der Waals surface area (Å²) < 4.78 is 18.9. The van der Waals surface area contributed by atoms with Crippen LogP contribution in [0, 0.1) is 5.95 Å². The van der Waals surface area contributed by atoms with Crippen LogP contribution in [0.1, 0.15) is 5.56 Å². The van der Waals surface area contributed by atoms with Crippen molar-refractivity contribution < 1.29 is 13.9 Å². The van der Waals surface area contributed by atoms with Gasteiger partial charge in [-0.25, -0.2) is 9.48 Å². The predicted octanol–water partition coefficient (Wildman–Crippen LogP) is 2.31. The maximum Gasteiger partial charge on any atom is 0.413 e. The summed E-state index contributed by atoms with van der Waals surface area (Å²) in [6, 6.07) is 10.4. The number of ether oxygens (including phenoxy) is 1. The third-order valence-electron chi connectivity index (χ3n) is 2.27. The maximum absolute atomic E-state index is 12.9.